The maximum absolute atomic E-state index is 13.9. The van der Waals surface area contributed by atoms with Crippen LogP contribution in [0.3, 0.4) is 0 Å². The number of likely N-dealkylation sites (tertiary alicyclic amines) is 1. The SMILES string of the molecule is Cc1c(S(=O)(=O)NC(CC(=O)NC(Cc2ccc(CN3[C@H](C)CCC[C@@H]3C)cc2)C(=O)N(C)C(C)C)c2ccc3c(c2)OCO3)oc2ccccc12. The molecule has 0 radical (unpaired) electrons. The quantitative estimate of drug-likeness (QED) is 0.166. The van der Waals surface area contributed by atoms with Crippen LogP contribution in [0.25, 0.3) is 11.0 Å². The van der Waals surface area contributed by atoms with Gasteiger partial charge in [0.25, 0.3) is 10.0 Å². The number of piperidine rings is 1. The standard InChI is InChI=1S/C40H50N4O7S/c1-25(2)43(6)39(46)34(20-29-14-16-30(17-15-29)23-44-26(3)10-9-11-27(44)4)41-38(45)22-33(31-18-19-36-37(21-31)50-24-49-36)42-52(47,48)40-28(5)32-12-7-8-13-35(32)51-40/h7-8,12-19,21,25-27,33-34,42H,9-11,20,22-24H2,1-6H3,(H,41,45)/t26-,27+,33?,34?. The van der Waals surface area contributed by atoms with Crippen molar-refractivity contribution in [3.05, 3.63) is 89.0 Å². The van der Waals surface area contributed by atoms with Crippen LogP contribution in [0, 0.1) is 6.92 Å². The van der Waals surface area contributed by atoms with E-state index in [9.17, 15) is 18.0 Å². The first-order valence-electron chi connectivity index (χ1n) is 18.1. The molecule has 2 unspecified atom stereocenters. The van der Waals surface area contributed by atoms with Gasteiger partial charge in [-0.25, -0.2) is 13.1 Å². The van der Waals surface area contributed by atoms with Crippen molar-refractivity contribution >= 4 is 32.8 Å². The van der Waals surface area contributed by atoms with Crippen LogP contribution in [0.5, 0.6) is 11.5 Å². The van der Waals surface area contributed by atoms with Gasteiger partial charge in [-0.2, -0.15) is 0 Å². The lowest BCUT2D eigenvalue weighted by atomic mass is 9.96. The first-order valence-corrected chi connectivity index (χ1v) is 19.6. The summed E-state index contributed by atoms with van der Waals surface area (Å²) in [4.78, 5) is 31.9. The molecule has 11 nitrogen and oxygen atoms in total. The Bertz CT molecular complexity index is 2000. The molecule has 3 heterocycles. The van der Waals surface area contributed by atoms with Gasteiger partial charge in [0.1, 0.15) is 11.6 Å². The van der Waals surface area contributed by atoms with E-state index in [2.05, 4.69) is 40.9 Å². The highest BCUT2D eigenvalue weighted by atomic mass is 32.2. The molecule has 2 N–H and O–H groups in total. The maximum atomic E-state index is 13.9. The number of benzene rings is 3. The predicted octanol–water partition coefficient (Wildman–Crippen LogP) is 6.24. The second-order valence-electron chi connectivity index (χ2n) is 14.5. The molecule has 12 heteroatoms. The number of nitrogens with zero attached hydrogens (tertiary/aromatic N) is 2. The summed E-state index contributed by atoms with van der Waals surface area (Å²) in [6.07, 6.45) is 3.64. The number of rotatable bonds is 13. The number of fused-ring (bicyclic) bond motifs is 2. The van der Waals surface area contributed by atoms with E-state index < -0.39 is 28.0 Å². The summed E-state index contributed by atoms with van der Waals surface area (Å²) in [5, 5.41) is 3.41. The lowest BCUT2D eigenvalue weighted by molar-refractivity contribution is -0.136. The van der Waals surface area contributed by atoms with Gasteiger partial charge in [-0.1, -0.05) is 55.0 Å². The molecule has 0 saturated carbocycles. The molecule has 3 aromatic carbocycles. The van der Waals surface area contributed by atoms with Gasteiger partial charge in [0.05, 0.1) is 6.04 Å². The Labute approximate surface area is 306 Å². The highest BCUT2D eigenvalue weighted by Gasteiger charge is 2.32. The van der Waals surface area contributed by atoms with Crippen molar-refractivity contribution in [1.29, 1.82) is 0 Å². The van der Waals surface area contributed by atoms with Crippen molar-refractivity contribution in [2.24, 2.45) is 0 Å². The first kappa shape index (κ1) is 37.4. The summed E-state index contributed by atoms with van der Waals surface area (Å²) in [5.41, 5.74) is 3.51. The molecule has 0 spiro atoms. The lowest BCUT2D eigenvalue weighted by Gasteiger charge is -2.39. The van der Waals surface area contributed by atoms with Crippen LogP contribution in [0.4, 0.5) is 0 Å². The number of hydrogen-bond acceptors (Lipinski definition) is 8. The third-order valence-electron chi connectivity index (χ3n) is 10.5. The number of furan rings is 1. The number of aryl methyl sites for hydroxylation is 1. The number of ether oxygens (including phenoxy) is 2. The van der Waals surface area contributed by atoms with E-state index in [1.165, 1.54) is 24.8 Å². The Hall–Kier alpha value is -4.39. The minimum absolute atomic E-state index is 0.0402. The number of hydrogen-bond donors (Lipinski definition) is 2. The largest absolute Gasteiger partial charge is 0.454 e. The molecular formula is C40H50N4O7S. The minimum Gasteiger partial charge on any atom is -0.454 e. The minimum atomic E-state index is -4.25. The summed E-state index contributed by atoms with van der Waals surface area (Å²) in [6.45, 7) is 11.0. The monoisotopic (exact) mass is 730 g/mol. The molecule has 1 saturated heterocycles. The number of para-hydroxylation sites is 1. The summed E-state index contributed by atoms with van der Waals surface area (Å²) in [7, 11) is -2.53. The van der Waals surface area contributed by atoms with E-state index in [4.69, 9.17) is 13.9 Å². The summed E-state index contributed by atoms with van der Waals surface area (Å²) in [5.74, 6) is 0.242. The number of nitrogens with one attached hydrogen (secondary N) is 2. The van der Waals surface area contributed by atoms with E-state index in [-0.39, 0.29) is 36.7 Å². The van der Waals surface area contributed by atoms with Gasteiger partial charge < -0.3 is 24.1 Å². The van der Waals surface area contributed by atoms with Crippen LogP contribution in [0.15, 0.2) is 76.2 Å². The maximum Gasteiger partial charge on any atom is 0.274 e. The average Bonchev–Trinajstić information content (AvgIpc) is 3.73. The number of carbonyl (C=O) groups excluding carboxylic acids is 2. The molecule has 1 fully saturated rings. The molecule has 0 bridgehead atoms. The predicted molar refractivity (Wildman–Crippen MR) is 199 cm³/mol. The molecule has 2 amide bonds. The molecule has 0 aliphatic carbocycles. The smallest absolute Gasteiger partial charge is 0.274 e. The Morgan fingerprint density at radius 2 is 1.62 bits per heavy atom. The van der Waals surface area contributed by atoms with Crippen molar-refractivity contribution in [2.75, 3.05) is 13.8 Å². The number of amides is 2. The zero-order chi connectivity index (χ0) is 37.2. The van der Waals surface area contributed by atoms with Gasteiger partial charge >= 0.3 is 0 Å². The molecule has 52 heavy (non-hydrogen) atoms. The van der Waals surface area contributed by atoms with Crippen LogP contribution < -0.4 is 19.5 Å². The average molecular weight is 731 g/mol. The molecule has 2 aliphatic heterocycles. The second-order valence-corrected chi connectivity index (χ2v) is 16.1. The van der Waals surface area contributed by atoms with Gasteiger partial charge in [-0.15, -0.1) is 0 Å². The van der Waals surface area contributed by atoms with Crippen LogP contribution in [0.1, 0.15) is 81.7 Å². The fourth-order valence-electron chi connectivity index (χ4n) is 7.16. The Balaban J connectivity index is 1.23. The van der Waals surface area contributed by atoms with Crippen LogP contribution >= 0.6 is 0 Å². The van der Waals surface area contributed by atoms with Gasteiger partial charge in [0.15, 0.2) is 11.5 Å². The normalized spacial score (nSPS) is 18.8. The molecule has 4 atom stereocenters. The van der Waals surface area contributed by atoms with E-state index >= 15 is 0 Å². The Morgan fingerprint density at radius 3 is 2.31 bits per heavy atom. The first-order chi connectivity index (χ1) is 24.8. The fraction of sp³-hybridized carbons (Fsp3) is 0.450. The fourth-order valence-corrected chi connectivity index (χ4v) is 8.57. The third kappa shape index (κ3) is 8.29. The summed E-state index contributed by atoms with van der Waals surface area (Å²) in [6, 6.07) is 19.4. The summed E-state index contributed by atoms with van der Waals surface area (Å²) < 4.78 is 47.3. The zero-order valence-corrected chi connectivity index (χ0v) is 31.7. The molecular weight excluding hydrogens is 681 g/mol. The van der Waals surface area contributed by atoms with E-state index in [1.54, 1.807) is 55.3 Å². The van der Waals surface area contributed by atoms with Crippen LogP contribution in [0.2, 0.25) is 0 Å². The Morgan fingerprint density at radius 1 is 0.942 bits per heavy atom. The Kier molecular flexibility index (Phi) is 11.3. The van der Waals surface area contributed by atoms with Crippen molar-refractivity contribution in [3.8, 4) is 11.5 Å². The van der Waals surface area contributed by atoms with Crippen molar-refractivity contribution in [3.63, 3.8) is 0 Å². The summed E-state index contributed by atoms with van der Waals surface area (Å²) >= 11 is 0. The highest BCUT2D eigenvalue weighted by molar-refractivity contribution is 7.89. The van der Waals surface area contributed by atoms with Crippen molar-refractivity contribution in [2.45, 2.75) is 109 Å². The molecule has 278 valence electrons. The molecule has 6 rings (SSSR count). The second kappa shape index (κ2) is 15.7. The van der Waals surface area contributed by atoms with E-state index in [0.29, 0.717) is 45.7 Å². The number of carbonyl (C=O) groups is 2. The number of likely N-dealkylation sites (N-methyl/N-ethyl adjacent to an activating group) is 1. The van der Waals surface area contributed by atoms with Gasteiger partial charge in [-0.05, 0) is 82.3 Å². The number of sulfonamides is 1. The highest BCUT2D eigenvalue weighted by Crippen LogP contribution is 2.36. The van der Waals surface area contributed by atoms with Gasteiger partial charge in [-0.3, -0.25) is 14.5 Å². The van der Waals surface area contributed by atoms with Crippen LogP contribution in [-0.4, -0.2) is 68.0 Å². The van der Waals surface area contributed by atoms with Gasteiger partial charge in [0, 0.05) is 55.5 Å². The van der Waals surface area contributed by atoms with Crippen molar-refractivity contribution < 1.29 is 31.9 Å². The topological polar surface area (TPSA) is 130 Å². The molecule has 1 aromatic heterocycles. The molecule has 2 aliphatic rings. The van der Waals surface area contributed by atoms with Gasteiger partial charge in [0.2, 0.25) is 23.7 Å². The van der Waals surface area contributed by atoms with Crippen molar-refractivity contribution in [1.82, 2.24) is 19.8 Å². The van der Waals surface area contributed by atoms with E-state index in [0.717, 1.165) is 12.1 Å². The van der Waals surface area contributed by atoms with Crippen LogP contribution in [-0.2, 0) is 32.6 Å². The third-order valence-corrected chi connectivity index (χ3v) is 12.0. The zero-order valence-electron chi connectivity index (χ0n) is 30.8. The lowest BCUT2D eigenvalue weighted by Crippen LogP contribution is -2.50. The molecule has 4 aromatic rings. The van der Waals surface area contributed by atoms with E-state index in [1.807, 2.05) is 32.0 Å².